The molecule has 58 valence electrons. The number of β-amino-alcohol motifs (C(OH)–C–C–N with tert-alkyl or cyclic N) is 1. The van der Waals surface area contributed by atoms with Gasteiger partial charge in [0.05, 0.1) is 13.2 Å². The molecule has 1 amide bonds. The Morgan fingerprint density at radius 2 is 2.50 bits per heavy atom. The highest BCUT2D eigenvalue weighted by Crippen LogP contribution is 1.90. The summed E-state index contributed by atoms with van der Waals surface area (Å²) < 4.78 is 0. The summed E-state index contributed by atoms with van der Waals surface area (Å²) in [7, 11) is 0. The van der Waals surface area contributed by atoms with Crippen LogP contribution in [0.15, 0.2) is 0 Å². The van der Waals surface area contributed by atoms with Crippen molar-refractivity contribution in [3.8, 4) is 0 Å². The van der Waals surface area contributed by atoms with E-state index in [4.69, 9.17) is 5.11 Å². The number of hydrogen-bond donors (Lipinski definition) is 2. The van der Waals surface area contributed by atoms with Crippen molar-refractivity contribution in [1.82, 2.24) is 10.2 Å². The molecule has 1 aliphatic rings. The molecule has 1 rings (SSSR count). The number of aliphatic hydroxyl groups excluding tert-OH is 1. The van der Waals surface area contributed by atoms with Crippen LogP contribution in [0.2, 0.25) is 0 Å². The van der Waals surface area contributed by atoms with Crippen molar-refractivity contribution < 1.29 is 9.90 Å². The first-order valence-electron chi connectivity index (χ1n) is 3.43. The van der Waals surface area contributed by atoms with E-state index in [9.17, 15) is 4.79 Å². The first-order chi connectivity index (χ1) is 4.83. The fourth-order valence-corrected chi connectivity index (χ4v) is 1.02. The Labute approximate surface area is 59.8 Å². The van der Waals surface area contributed by atoms with Crippen LogP contribution in [0.5, 0.6) is 0 Å². The van der Waals surface area contributed by atoms with Crippen molar-refractivity contribution in [2.75, 3.05) is 32.8 Å². The molecule has 0 radical (unpaired) electrons. The number of nitrogens with zero attached hydrogens (tertiary/aromatic N) is 1. The fourth-order valence-electron chi connectivity index (χ4n) is 1.02. The Balaban J connectivity index is 2.25. The van der Waals surface area contributed by atoms with Crippen LogP contribution in [-0.4, -0.2) is 48.7 Å². The van der Waals surface area contributed by atoms with E-state index in [-0.39, 0.29) is 12.5 Å². The van der Waals surface area contributed by atoms with E-state index in [1.54, 1.807) is 0 Å². The molecule has 1 heterocycles. The summed E-state index contributed by atoms with van der Waals surface area (Å²) in [6.45, 7) is 2.73. The maximum absolute atomic E-state index is 10.7. The van der Waals surface area contributed by atoms with E-state index < -0.39 is 0 Å². The molecule has 0 aliphatic carbocycles. The number of hydrogen-bond acceptors (Lipinski definition) is 3. The van der Waals surface area contributed by atoms with Gasteiger partial charge in [0.25, 0.3) is 0 Å². The molecule has 1 saturated heterocycles. The molecule has 0 atom stereocenters. The third-order valence-corrected chi connectivity index (χ3v) is 1.53. The molecule has 0 unspecified atom stereocenters. The van der Waals surface area contributed by atoms with Gasteiger partial charge in [-0.15, -0.1) is 0 Å². The highest BCUT2D eigenvalue weighted by atomic mass is 16.3. The van der Waals surface area contributed by atoms with Crippen LogP contribution in [0.1, 0.15) is 0 Å². The van der Waals surface area contributed by atoms with Gasteiger partial charge in [0.1, 0.15) is 0 Å². The Bertz CT molecular complexity index is 125. The van der Waals surface area contributed by atoms with Gasteiger partial charge in [-0.05, 0) is 0 Å². The molecule has 0 aromatic heterocycles. The summed E-state index contributed by atoms with van der Waals surface area (Å²) in [6.07, 6.45) is 0. The van der Waals surface area contributed by atoms with Crippen LogP contribution in [-0.2, 0) is 4.79 Å². The number of amides is 1. The maximum atomic E-state index is 10.7. The number of piperazine rings is 1. The Hall–Kier alpha value is -0.610. The minimum Gasteiger partial charge on any atom is -0.395 e. The second-order valence-electron chi connectivity index (χ2n) is 2.35. The molecule has 1 aliphatic heterocycles. The number of nitrogens with one attached hydrogen (secondary N) is 1. The minimum absolute atomic E-state index is 0.0553. The number of carbonyl (C=O) groups is 1. The van der Waals surface area contributed by atoms with Gasteiger partial charge in [-0.3, -0.25) is 9.69 Å². The predicted octanol–water partition coefficient (Wildman–Crippen LogP) is -1.59. The van der Waals surface area contributed by atoms with Crippen molar-refractivity contribution in [3.63, 3.8) is 0 Å². The average Bonchev–Trinajstić information content (AvgIpc) is 1.88. The average molecular weight is 144 g/mol. The summed E-state index contributed by atoms with van der Waals surface area (Å²) >= 11 is 0. The SMILES string of the molecule is O=C1CN(CCO)CCN1. The molecule has 0 spiro atoms. The lowest BCUT2D eigenvalue weighted by atomic mass is 10.3. The zero-order valence-corrected chi connectivity index (χ0v) is 5.84. The fraction of sp³-hybridized carbons (Fsp3) is 0.833. The third kappa shape index (κ3) is 1.97. The number of rotatable bonds is 2. The van der Waals surface area contributed by atoms with Crippen molar-refractivity contribution in [2.24, 2.45) is 0 Å². The number of aliphatic hydroxyl groups is 1. The van der Waals surface area contributed by atoms with Gasteiger partial charge < -0.3 is 10.4 Å². The van der Waals surface area contributed by atoms with Crippen LogP contribution in [0.25, 0.3) is 0 Å². The lowest BCUT2D eigenvalue weighted by Gasteiger charge is -2.25. The maximum Gasteiger partial charge on any atom is 0.234 e. The van der Waals surface area contributed by atoms with Gasteiger partial charge >= 0.3 is 0 Å². The molecule has 0 bridgehead atoms. The first kappa shape index (κ1) is 7.50. The molecule has 2 N–H and O–H groups in total. The van der Waals surface area contributed by atoms with Crippen LogP contribution in [0.3, 0.4) is 0 Å². The molecule has 0 aromatic rings. The third-order valence-electron chi connectivity index (χ3n) is 1.53. The Kier molecular flexibility index (Phi) is 2.65. The van der Waals surface area contributed by atoms with Gasteiger partial charge in [0.15, 0.2) is 0 Å². The van der Waals surface area contributed by atoms with Crippen LogP contribution in [0.4, 0.5) is 0 Å². The van der Waals surface area contributed by atoms with E-state index in [1.807, 2.05) is 4.90 Å². The smallest absolute Gasteiger partial charge is 0.234 e. The molecule has 4 nitrogen and oxygen atoms in total. The van der Waals surface area contributed by atoms with Crippen LogP contribution < -0.4 is 5.32 Å². The highest BCUT2D eigenvalue weighted by molar-refractivity contribution is 5.78. The van der Waals surface area contributed by atoms with Crippen molar-refractivity contribution in [2.45, 2.75) is 0 Å². The van der Waals surface area contributed by atoms with E-state index in [1.165, 1.54) is 0 Å². The lowest BCUT2D eigenvalue weighted by Crippen LogP contribution is -2.48. The van der Waals surface area contributed by atoms with Crippen molar-refractivity contribution in [3.05, 3.63) is 0 Å². The van der Waals surface area contributed by atoms with Crippen molar-refractivity contribution >= 4 is 5.91 Å². The zero-order chi connectivity index (χ0) is 7.40. The molecular weight excluding hydrogens is 132 g/mol. The second-order valence-corrected chi connectivity index (χ2v) is 2.35. The molecule has 1 fully saturated rings. The Morgan fingerprint density at radius 1 is 1.70 bits per heavy atom. The quantitative estimate of drug-likeness (QED) is 0.491. The molecular formula is C6H12N2O2. The normalized spacial score (nSPS) is 20.7. The summed E-state index contributed by atoms with van der Waals surface area (Å²) in [5.41, 5.74) is 0. The predicted molar refractivity (Wildman–Crippen MR) is 36.5 cm³/mol. The summed E-state index contributed by atoms with van der Waals surface area (Å²) in [6, 6.07) is 0. The number of carbonyl (C=O) groups excluding carboxylic acids is 1. The van der Waals surface area contributed by atoms with Crippen LogP contribution in [0, 0.1) is 0 Å². The first-order valence-corrected chi connectivity index (χ1v) is 3.43. The van der Waals surface area contributed by atoms with Gasteiger partial charge in [0.2, 0.25) is 5.91 Å². The summed E-state index contributed by atoms with van der Waals surface area (Å²) in [5.74, 6) is 0.0553. The second kappa shape index (κ2) is 3.53. The van der Waals surface area contributed by atoms with Gasteiger partial charge in [-0.1, -0.05) is 0 Å². The topological polar surface area (TPSA) is 52.6 Å². The minimum atomic E-state index is 0.0553. The lowest BCUT2D eigenvalue weighted by molar-refractivity contribution is -0.124. The monoisotopic (exact) mass is 144 g/mol. The van der Waals surface area contributed by atoms with E-state index >= 15 is 0 Å². The van der Waals surface area contributed by atoms with E-state index in [0.717, 1.165) is 6.54 Å². The summed E-state index contributed by atoms with van der Waals surface area (Å²) in [4.78, 5) is 12.6. The summed E-state index contributed by atoms with van der Waals surface area (Å²) in [5, 5.41) is 11.2. The Morgan fingerprint density at radius 3 is 3.10 bits per heavy atom. The molecule has 0 aromatic carbocycles. The highest BCUT2D eigenvalue weighted by Gasteiger charge is 2.14. The molecule has 10 heavy (non-hydrogen) atoms. The van der Waals surface area contributed by atoms with Gasteiger partial charge in [-0.2, -0.15) is 0 Å². The van der Waals surface area contributed by atoms with E-state index in [2.05, 4.69) is 5.32 Å². The van der Waals surface area contributed by atoms with Gasteiger partial charge in [0, 0.05) is 19.6 Å². The molecule has 4 heteroatoms. The van der Waals surface area contributed by atoms with Crippen LogP contribution >= 0.6 is 0 Å². The molecule has 0 saturated carbocycles. The zero-order valence-electron chi connectivity index (χ0n) is 5.84. The van der Waals surface area contributed by atoms with E-state index in [0.29, 0.717) is 19.6 Å². The van der Waals surface area contributed by atoms with Gasteiger partial charge in [-0.25, -0.2) is 0 Å². The standard InChI is InChI=1S/C6H12N2O2/c9-4-3-8-2-1-7-6(10)5-8/h9H,1-5H2,(H,7,10). The largest absolute Gasteiger partial charge is 0.395 e. The van der Waals surface area contributed by atoms with Crippen molar-refractivity contribution in [1.29, 1.82) is 0 Å².